The number of hydrogen-bond acceptors (Lipinski definition) is 4. The number of nitrogens with one attached hydrogen (secondary N) is 1. The van der Waals surface area contributed by atoms with Crippen LogP contribution in [0.1, 0.15) is 19.8 Å². The molecule has 1 aliphatic rings. The van der Waals surface area contributed by atoms with Crippen LogP contribution >= 0.6 is 0 Å². The van der Waals surface area contributed by atoms with Crippen LogP contribution in [0.4, 0.5) is 11.6 Å². The number of pyridine rings is 1. The monoisotopic (exact) mass is 235 g/mol. The number of aliphatic hydroxyl groups is 1. The third-order valence-electron chi connectivity index (χ3n) is 3.19. The SMILES string of the molecule is CCNc1cccc(N2CCCC(CO)C2)n1. The van der Waals surface area contributed by atoms with Crippen molar-refractivity contribution in [3.05, 3.63) is 18.2 Å². The first-order chi connectivity index (χ1) is 8.33. The Kier molecular flexibility index (Phi) is 4.20. The van der Waals surface area contributed by atoms with E-state index in [0.29, 0.717) is 5.92 Å². The lowest BCUT2D eigenvalue weighted by molar-refractivity contribution is 0.208. The van der Waals surface area contributed by atoms with Gasteiger partial charge in [-0.1, -0.05) is 6.07 Å². The molecule has 1 unspecified atom stereocenters. The van der Waals surface area contributed by atoms with Gasteiger partial charge in [0.2, 0.25) is 0 Å². The maximum atomic E-state index is 9.24. The lowest BCUT2D eigenvalue weighted by Gasteiger charge is -2.32. The fourth-order valence-corrected chi connectivity index (χ4v) is 2.30. The number of hydrogen-bond donors (Lipinski definition) is 2. The molecule has 94 valence electrons. The summed E-state index contributed by atoms with van der Waals surface area (Å²) in [6.45, 7) is 5.19. The van der Waals surface area contributed by atoms with E-state index in [1.165, 1.54) is 0 Å². The summed E-state index contributed by atoms with van der Waals surface area (Å²) in [6, 6.07) is 6.06. The van der Waals surface area contributed by atoms with Gasteiger partial charge in [0.1, 0.15) is 11.6 Å². The summed E-state index contributed by atoms with van der Waals surface area (Å²) in [5.41, 5.74) is 0. The van der Waals surface area contributed by atoms with Crippen molar-refractivity contribution in [3.63, 3.8) is 0 Å². The number of nitrogens with zero attached hydrogens (tertiary/aromatic N) is 2. The van der Waals surface area contributed by atoms with Crippen molar-refractivity contribution in [2.45, 2.75) is 19.8 Å². The second-order valence-corrected chi connectivity index (χ2v) is 4.55. The number of piperidine rings is 1. The molecule has 4 heteroatoms. The van der Waals surface area contributed by atoms with Gasteiger partial charge in [-0.25, -0.2) is 4.98 Å². The minimum absolute atomic E-state index is 0.281. The van der Waals surface area contributed by atoms with Crippen molar-refractivity contribution in [1.82, 2.24) is 4.98 Å². The Morgan fingerprint density at radius 3 is 3.18 bits per heavy atom. The summed E-state index contributed by atoms with van der Waals surface area (Å²) >= 11 is 0. The quantitative estimate of drug-likeness (QED) is 0.834. The van der Waals surface area contributed by atoms with Crippen LogP contribution in [0.5, 0.6) is 0 Å². The van der Waals surface area contributed by atoms with E-state index in [9.17, 15) is 5.11 Å². The number of rotatable bonds is 4. The maximum Gasteiger partial charge on any atom is 0.130 e. The van der Waals surface area contributed by atoms with Gasteiger partial charge >= 0.3 is 0 Å². The predicted molar refractivity (Wildman–Crippen MR) is 70.4 cm³/mol. The molecule has 0 bridgehead atoms. The molecule has 1 aliphatic heterocycles. The number of aromatic nitrogens is 1. The molecule has 0 radical (unpaired) electrons. The average Bonchev–Trinajstić information content (AvgIpc) is 2.40. The molecule has 1 atom stereocenters. The largest absolute Gasteiger partial charge is 0.396 e. The molecule has 2 N–H and O–H groups in total. The first-order valence-electron chi connectivity index (χ1n) is 6.40. The van der Waals surface area contributed by atoms with Crippen molar-refractivity contribution < 1.29 is 5.11 Å². The molecule has 2 rings (SSSR count). The fraction of sp³-hybridized carbons (Fsp3) is 0.615. The molecule has 0 aromatic carbocycles. The summed E-state index contributed by atoms with van der Waals surface area (Å²) in [6.07, 6.45) is 2.26. The Labute approximate surface area is 103 Å². The molecular formula is C13H21N3O. The molecule has 0 aliphatic carbocycles. The van der Waals surface area contributed by atoms with Crippen LogP contribution in [0, 0.1) is 5.92 Å². The summed E-state index contributed by atoms with van der Waals surface area (Å²) < 4.78 is 0. The molecule has 4 nitrogen and oxygen atoms in total. The van der Waals surface area contributed by atoms with Crippen LogP contribution in [-0.2, 0) is 0 Å². The van der Waals surface area contributed by atoms with E-state index in [1.54, 1.807) is 0 Å². The van der Waals surface area contributed by atoms with E-state index in [1.807, 2.05) is 18.2 Å². The van der Waals surface area contributed by atoms with Gasteiger partial charge in [0.05, 0.1) is 0 Å². The van der Waals surface area contributed by atoms with Gasteiger partial charge in [0.15, 0.2) is 0 Å². The lowest BCUT2D eigenvalue weighted by Crippen LogP contribution is -2.37. The zero-order valence-electron chi connectivity index (χ0n) is 10.4. The van der Waals surface area contributed by atoms with Crippen LogP contribution in [0.3, 0.4) is 0 Å². The van der Waals surface area contributed by atoms with E-state index < -0.39 is 0 Å². The van der Waals surface area contributed by atoms with Gasteiger partial charge in [-0.15, -0.1) is 0 Å². The Bertz CT molecular complexity index is 356. The van der Waals surface area contributed by atoms with Crippen LogP contribution in [0.2, 0.25) is 0 Å². The third kappa shape index (κ3) is 3.09. The van der Waals surface area contributed by atoms with Crippen molar-refractivity contribution >= 4 is 11.6 Å². The highest BCUT2D eigenvalue weighted by Crippen LogP contribution is 2.22. The Hall–Kier alpha value is -1.29. The van der Waals surface area contributed by atoms with E-state index in [-0.39, 0.29) is 6.61 Å². The Morgan fingerprint density at radius 2 is 2.41 bits per heavy atom. The van der Waals surface area contributed by atoms with Gasteiger partial charge in [0.25, 0.3) is 0 Å². The first-order valence-corrected chi connectivity index (χ1v) is 6.40. The van der Waals surface area contributed by atoms with Gasteiger partial charge in [0, 0.05) is 26.2 Å². The molecule has 1 fully saturated rings. The minimum Gasteiger partial charge on any atom is -0.396 e. The van der Waals surface area contributed by atoms with E-state index in [0.717, 1.165) is 44.1 Å². The standard InChI is InChI=1S/C13H21N3O/c1-2-14-12-6-3-7-13(15-12)16-8-4-5-11(9-16)10-17/h3,6-7,11,17H,2,4-5,8-10H2,1H3,(H,14,15). The van der Waals surface area contributed by atoms with Crippen molar-refractivity contribution in [2.75, 3.05) is 36.5 Å². The first kappa shape index (κ1) is 12.2. The molecule has 1 aromatic rings. The summed E-state index contributed by atoms with van der Waals surface area (Å²) in [5.74, 6) is 2.34. The van der Waals surface area contributed by atoms with E-state index in [4.69, 9.17) is 0 Å². The maximum absolute atomic E-state index is 9.24. The summed E-state index contributed by atoms with van der Waals surface area (Å²) in [5, 5.41) is 12.5. The van der Waals surface area contributed by atoms with Crippen LogP contribution in [0.15, 0.2) is 18.2 Å². The van der Waals surface area contributed by atoms with Crippen molar-refractivity contribution in [3.8, 4) is 0 Å². The van der Waals surface area contributed by atoms with Gasteiger partial charge in [-0.2, -0.15) is 0 Å². The molecule has 2 heterocycles. The third-order valence-corrected chi connectivity index (χ3v) is 3.19. The highest BCUT2D eigenvalue weighted by atomic mass is 16.3. The molecule has 0 amide bonds. The average molecular weight is 235 g/mol. The van der Waals surface area contributed by atoms with Crippen LogP contribution in [0.25, 0.3) is 0 Å². The predicted octanol–water partition coefficient (Wildman–Crippen LogP) is 1.72. The second kappa shape index (κ2) is 5.87. The van der Waals surface area contributed by atoms with Gasteiger partial charge < -0.3 is 15.3 Å². The molecule has 1 saturated heterocycles. The molecule has 1 aromatic heterocycles. The fourth-order valence-electron chi connectivity index (χ4n) is 2.30. The topological polar surface area (TPSA) is 48.4 Å². The normalized spacial score (nSPS) is 20.4. The number of anilines is 2. The molecule has 0 spiro atoms. The number of aliphatic hydroxyl groups excluding tert-OH is 1. The minimum atomic E-state index is 0.281. The molecule has 17 heavy (non-hydrogen) atoms. The summed E-state index contributed by atoms with van der Waals surface area (Å²) in [7, 11) is 0. The zero-order chi connectivity index (χ0) is 12.1. The van der Waals surface area contributed by atoms with Gasteiger partial charge in [-0.05, 0) is 37.8 Å². The zero-order valence-corrected chi connectivity index (χ0v) is 10.4. The highest BCUT2D eigenvalue weighted by Gasteiger charge is 2.20. The van der Waals surface area contributed by atoms with Crippen molar-refractivity contribution in [2.24, 2.45) is 5.92 Å². The second-order valence-electron chi connectivity index (χ2n) is 4.55. The highest BCUT2D eigenvalue weighted by molar-refractivity contribution is 5.47. The van der Waals surface area contributed by atoms with Crippen molar-refractivity contribution in [1.29, 1.82) is 0 Å². The van der Waals surface area contributed by atoms with E-state index >= 15 is 0 Å². The van der Waals surface area contributed by atoms with E-state index in [2.05, 4.69) is 22.1 Å². The molecule has 0 saturated carbocycles. The molecular weight excluding hydrogens is 214 g/mol. The van der Waals surface area contributed by atoms with Gasteiger partial charge in [-0.3, -0.25) is 0 Å². The Morgan fingerprint density at radius 1 is 1.53 bits per heavy atom. The lowest BCUT2D eigenvalue weighted by atomic mass is 9.99. The van der Waals surface area contributed by atoms with Crippen LogP contribution in [-0.4, -0.2) is 36.3 Å². The van der Waals surface area contributed by atoms with Crippen LogP contribution < -0.4 is 10.2 Å². The smallest absolute Gasteiger partial charge is 0.130 e. The Balaban J connectivity index is 2.07. The summed E-state index contributed by atoms with van der Waals surface area (Å²) in [4.78, 5) is 6.86.